The first-order valence-corrected chi connectivity index (χ1v) is 7.30. The summed E-state index contributed by atoms with van der Waals surface area (Å²) in [6.45, 7) is 0. The van der Waals surface area contributed by atoms with Gasteiger partial charge >= 0.3 is 0 Å². The second kappa shape index (κ2) is 3.93. The molecule has 1 aromatic carbocycles. The van der Waals surface area contributed by atoms with Crippen molar-refractivity contribution in [2.24, 2.45) is 0 Å². The average Bonchev–Trinajstić information content (AvgIpc) is 2.74. The van der Waals surface area contributed by atoms with Crippen molar-refractivity contribution in [3.63, 3.8) is 0 Å². The van der Waals surface area contributed by atoms with Crippen molar-refractivity contribution in [1.29, 1.82) is 0 Å². The summed E-state index contributed by atoms with van der Waals surface area (Å²) in [5.74, 6) is 0. The van der Waals surface area contributed by atoms with Gasteiger partial charge in [-0.05, 0) is 24.4 Å². The highest BCUT2D eigenvalue weighted by Gasteiger charge is 2.09. The monoisotopic (exact) mass is 301 g/mol. The fourth-order valence-corrected chi connectivity index (χ4v) is 3.83. The molecule has 0 saturated carbocycles. The minimum Gasteiger partial charge on any atom is -0.331 e. The summed E-state index contributed by atoms with van der Waals surface area (Å²) in [5.41, 5.74) is 1.97. The Morgan fingerprint density at radius 1 is 1.11 bits per heavy atom. The molecular formula is C13H7N3S3. The van der Waals surface area contributed by atoms with Crippen LogP contribution in [0.25, 0.3) is 31.3 Å². The van der Waals surface area contributed by atoms with Crippen LogP contribution in [0.4, 0.5) is 0 Å². The molecule has 0 aliphatic heterocycles. The van der Waals surface area contributed by atoms with Crippen LogP contribution in [0.2, 0.25) is 0 Å². The first-order chi connectivity index (χ1) is 9.22. The van der Waals surface area contributed by atoms with E-state index >= 15 is 0 Å². The van der Waals surface area contributed by atoms with Crippen molar-refractivity contribution in [1.82, 2.24) is 15.0 Å². The maximum absolute atomic E-state index is 5.33. The third-order valence-corrected chi connectivity index (χ3v) is 4.81. The number of aromatic nitrogens is 3. The number of H-pyrrole nitrogens is 2. The molecule has 0 atom stereocenters. The van der Waals surface area contributed by atoms with E-state index in [2.05, 4.69) is 22.1 Å². The number of rotatable bonds is 0. The zero-order valence-corrected chi connectivity index (χ0v) is 12.0. The Morgan fingerprint density at radius 3 is 2.84 bits per heavy atom. The molecule has 0 amide bonds. The molecule has 0 radical (unpaired) electrons. The highest BCUT2D eigenvalue weighted by Crippen LogP contribution is 2.33. The average molecular weight is 301 g/mol. The van der Waals surface area contributed by atoms with Gasteiger partial charge in [0.05, 0.1) is 15.7 Å². The standard InChI is InChI=1S/C13H7N3S3/c17-11-10-9(15-13(18)16-11)7-5-6-3-1-2-4-8(6)14-12(7)19-10/h1-5H,(H2,15,16,17,18). The largest absolute Gasteiger partial charge is 0.331 e. The Bertz CT molecular complexity index is 1060. The number of hydrogen-bond donors (Lipinski definition) is 2. The topological polar surface area (TPSA) is 44.5 Å². The van der Waals surface area contributed by atoms with Crippen molar-refractivity contribution in [3.8, 4) is 0 Å². The molecule has 92 valence electrons. The van der Waals surface area contributed by atoms with E-state index in [9.17, 15) is 0 Å². The molecule has 0 unspecified atom stereocenters. The van der Waals surface area contributed by atoms with E-state index in [4.69, 9.17) is 29.4 Å². The highest BCUT2D eigenvalue weighted by molar-refractivity contribution is 7.72. The molecule has 6 heteroatoms. The van der Waals surface area contributed by atoms with Gasteiger partial charge in [-0.3, -0.25) is 0 Å². The van der Waals surface area contributed by atoms with Crippen LogP contribution in [0.1, 0.15) is 0 Å². The fraction of sp³-hybridized carbons (Fsp3) is 0. The molecule has 2 N–H and O–H groups in total. The van der Waals surface area contributed by atoms with E-state index in [1.165, 1.54) is 0 Å². The number of pyridine rings is 1. The molecule has 19 heavy (non-hydrogen) atoms. The Hall–Kier alpha value is -1.63. The maximum Gasteiger partial charge on any atom is 0.175 e. The summed E-state index contributed by atoms with van der Waals surface area (Å²) in [4.78, 5) is 11.8. The van der Waals surface area contributed by atoms with E-state index in [0.29, 0.717) is 9.41 Å². The Kier molecular flexibility index (Phi) is 2.32. The molecule has 3 nitrogen and oxygen atoms in total. The van der Waals surface area contributed by atoms with Gasteiger partial charge in [0, 0.05) is 10.8 Å². The Balaban J connectivity index is 2.33. The van der Waals surface area contributed by atoms with E-state index in [1.54, 1.807) is 11.3 Å². The van der Waals surface area contributed by atoms with Gasteiger partial charge in [0.1, 0.15) is 9.47 Å². The van der Waals surface area contributed by atoms with Crippen LogP contribution in [0.3, 0.4) is 0 Å². The first kappa shape index (κ1) is 11.2. The van der Waals surface area contributed by atoms with Crippen LogP contribution in [0.5, 0.6) is 0 Å². The summed E-state index contributed by atoms with van der Waals surface area (Å²) >= 11 is 12.1. The lowest BCUT2D eigenvalue weighted by molar-refractivity contribution is 1.18. The molecule has 4 rings (SSSR count). The van der Waals surface area contributed by atoms with E-state index in [1.807, 2.05) is 18.2 Å². The predicted octanol–water partition coefficient (Wildman–Crippen LogP) is 4.72. The zero-order valence-electron chi connectivity index (χ0n) is 9.56. The third kappa shape index (κ3) is 1.64. The predicted molar refractivity (Wildman–Crippen MR) is 85.0 cm³/mol. The van der Waals surface area contributed by atoms with Crippen molar-refractivity contribution >= 4 is 67.1 Å². The van der Waals surface area contributed by atoms with Gasteiger partial charge in [-0.15, -0.1) is 11.3 Å². The van der Waals surface area contributed by atoms with Gasteiger partial charge in [-0.1, -0.05) is 30.4 Å². The zero-order chi connectivity index (χ0) is 13.0. The maximum atomic E-state index is 5.33. The van der Waals surface area contributed by atoms with Gasteiger partial charge in [0.25, 0.3) is 0 Å². The van der Waals surface area contributed by atoms with Crippen molar-refractivity contribution in [2.75, 3.05) is 0 Å². The summed E-state index contributed by atoms with van der Waals surface area (Å²) in [5, 5.41) is 2.19. The summed E-state index contributed by atoms with van der Waals surface area (Å²) in [6.07, 6.45) is 0. The lowest BCUT2D eigenvalue weighted by Crippen LogP contribution is -1.82. The molecule has 0 spiro atoms. The number of fused-ring (bicyclic) bond motifs is 4. The van der Waals surface area contributed by atoms with Crippen LogP contribution in [-0.4, -0.2) is 15.0 Å². The summed E-state index contributed by atoms with van der Waals surface area (Å²) in [7, 11) is 0. The molecule has 3 heterocycles. The Morgan fingerprint density at radius 2 is 1.95 bits per heavy atom. The SMILES string of the molecule is S=c1[nH]c(=S)c2sc3nc4ccccc4cc3c2[nH]1. The number of thiophene rings is 1. The number of benzene rings is 1. The normalized spacial score (nSPS) is 11.6. The summed E-state index contributed by atoms with van der Waals surface area (Å²) < 4.78 is 2.22. The van der Waals surface area contributed by atoms with Crippen molar-refractivity contribution in [2.45, 2.75) is 0 Å². The molecule has 0 aliphatic rings. The smallest absolute Gasteiger partial charge is 0.175 e. The molecular weight excluding hydrogens is 294 g/mol. The van der Waals surface area contributed by atoms with Gasteiger partial charge in [0.2, 0.25) is 0 Å². The fourth-order valence-electron chi connectivity index (χ4n) is 2.21. The number of nitrogens with zero attached hydrogens (tertiary/aromatic N) is 1. The van der Waals surface area contributed by atoms with Gasteiger partial charge in [-0.25, -0.2) is 4.98 Å². The van der Waals surface area contributed by atoms with E-state index < -0.39 is 0 Å². The minimum absolute atomic E-state index is 0.547. The van der Waals surface area contributed by atoms with Crippen LogP contribution >= 0.6 is 35.8 Å². The van der Waals surface area contributed by atoms with Crippen molar-refractivity contribution < 1.29 is 0 Å². The lowest BCUT2D eigenvalue weighted by Gasteiger charge is -1.97. The second-order valence-electron chi connectivity index (χ2n) is 4.25. The molecule has 3 aromatic heterocycles. The van der Waals surface area contributed by atoms with E-state index in [-0.39, 0.29) is 0 Å². The van der Waals surface area contributed by atoms with Gasteiger partial charge < -0.3 is 9.97 Å². The second-order valence-corrected chi connectivity index (χ2v) is 6.06. The molecule has 0 bridgehead atoms. The lowest BCUT2D eigenvalue weighted by atomic mass is 10.2. The van der Waals surface area contributed by atoms with Crippen molar-refractivity contribution in [3.05, 3.63) is 39.7 Å². The number of nitrogens with one attached hydrogen (secondary N) is 2. The van der Waals surface area contributed by atoms with Crippen LogP contribution in [0, 0.1) is 9.41 Å². The molecule has 0 fully saturated rings. The number of hydrogen-bond acceptors (Lipinski definition) is 4. The van der Waals surface area contributed by atoms with Crippen LogP contribution in [-0.2, 0) is 0 Å². The third-order valence-electron chi connectivity index (χ3n) is 3.06. The minimum atomic E-state index is 0.547. The molecule has 0 saturated heterocycles. The quantitative estimate of drug-likeness (QED) is 0.462. The van der Waals surface area contributed by atoms with E-state index in [0.717, 1.165) is 31.3 Å². The summed E-state index contributed by atoms with van der Waals surface area (Å²) in [6, 6.07) is 10.2. The Labute approximate surface area is 121 Å². The highest BCUT2D eigenvalue weighted by atomic mass is 32.1. The van der Waals surface area contributed by atoms with Gasteiger partial charge in [-0.2, -0.15) is 0 Å². The van der Waals surface area contributed by atoms with Crippen LogP contribution < -0.4 is 0 Å². The van der Waals surface area contributed by atoms with Crippen LogP contribution in [0.15, 0.2) is 30.3 Å². The molecule has 0 aliphatic carbocycles. The number of aromatic amines is 2. The first-order valence-electron chi connectivity index (χ1n) is 5.67. The molecule has 4 aromatic rings. The number of para-hydroxylation sites is 1. The van der Waals surface area contributed by atoms with Gasteiger partial charge in [0.15, 0.2) is 4.77 Å².